The van der Waals surface area contributed by atoms with Gasteiger partial charge in [0.25, 0.3) is 0 Å². The van der Waals surface area contributed by atoms with E-state index in [0.717, 1.165) is 12.4 Å². The summed E-state index contributed by atoms with van der Waals surface area (Å²) < 4.78 is 0. The largest absolute Gasteiger partial charge is 0.369 e. The quantitative estimate of drug-likeness (QED) is 0.795. The summed E-state index contributed by atoms with van der Waals surface area (Å²) in [6, 6.07) is 4.04. The first-order valence-corrected chi connectivity index (χ1v) is 6.00. The van der Waals surface area contributed by atoms with Gasteiger partial charge in [-0.1, -0.05) is 6.42 Å². The van der Waals surface area contributed by atoms with Crippen LogP contribution < -0.4 is 5.32 Å². The summed E-state index contributed by atoms with van der Waals surface area (Å²) in [6.45, 7) is 2.89. The van der Waals surface area contributed by atoms with E-state index in [1.165, 1.54) is 24.8 Å². The molecule has 0 spiro atoms. The van der Waals surface area contributed by atoms with E-state index < -0.39 is 0 Å². The average molecular weight is 225 g/mol. The van der Waals surface area contributed by atoms with Crippen molar-refractivity contribution in [3.05, 3.63) is 23.9 Å². The zero-order valence-electron chi connectivity index (χ0n) is 9.04. The lowest BCUT2D eigenvalue weighted by atomic mass is 9.82. The highest BCUT2D eigenvalue weighted by Crippen LogP contribution is 2.32. The van der Waals surface area contributed by atoms with Crippen molar-refractivity contribution in [3.63, 3.8) is 0 Å². The van der Waals surface area contributed by atoms with Crippen LogP contribution in [0.25, 0.3) is 0 Å². The molecule has 1 N–H and O–H groups in total. The highest BCUT2D eigenvalue weighted by atomic mass is 35.5. The lowest BCUT2D eigenvalue weighted by Gasteiger charge is -2.29. The Morgan fingerprint density at radius 2 is 2.40 bits per heavy atom. The number of pyridine rings is 1. The second kappa shape index (κ2) is 4.84. The molecule has 15 heavy (non-hydrogen) atoms. The standard InChI is InChI=1S/C12H17ClN2/c1-9-5-6-14-12(7-9)15-8-11(13)10-3-2-4-10/h5-7,10-11H,2-4,8H2,1H3,(H,14,15). The van der Waals surface area contributed by atoms with Crippen LogP contribution in [0.15, 0.2) is 18.3 Å². The van der Waals surface area contributed by atoms with Crippen LogP contribution in [0, 0.1) is 12.8 Å². The van der Waals surface area contributed by atoms with Crippen molar-refractivity contribution in [2.24, 2.45) is 5.92 Å². The molecule has 3 heteroatoms. The first-order chi connectivity index (χ1) is 7.25. The first-order valence-electron chi connectivity index (χ1n) is 5.56. The van der Waals surface area contributed by atoms with Crippen molar-refractivity contribution >= 4 is 17.4 Å². The van der Waals surface area contributed by atoms with E-state index in [-0.39, 0.29) is 5.38 Å². The van der Waals surface area contributed by atoms with E-state index in [4.69, 9.17) is 11.6 Å². The second-order valence-corrected chi connectivity index (χ2v) is 4.87. The van der Waals surface area contributed by atoms with Crippen LogP contribution in [0.5, 0.6) is 0 Å². The van der Waals surface area contributed by atoms with Crippen LogP contribution in [-0.2, 0) is 0 Å². The molecule has 1 atom stereocenters. The summed E-state index contributed by atoms with van der Waals surface area (Å²) in [4.78, 5) is 4.24. The molecule has 82 valence electrons. The van der Waals surface area contributed by atoms with E-state index in [1.807, 2.05) is 18.3 Å². The fraction of sp³-hybridized carbons (Fsp3) is 0.583. The van der Waals surface area contributed by atoms with E-state index >= 15 is 0 Å². The Bertz CT molecular complexity index is 323. The van der Waals surface area contributed by atoms with Gasteiger partial charge < -0.3 is 5.32 Å². The van der Waals surface area contributed by atoms with Crippen LogP contribution in [0.3, 0.4) is 0 Å². The van der Waals surface area contributed by atoms with Gasteiger partial charge in [0, 0.05) is 12.7 Å². The summed E-state index contributed by atoms with van der Waals surface area (Å²) >= 11 is 6.28. The maximum atomic E-state index is 6.28. The number of nitrogens with zero attached hydrogens (tertiary/aromatic N) is 1. The fourth-order valence-corrected chi connectivity index (χ4v) is 2.13. The van der Waals surface area contributed by atoms with Crippen molar-refractivity contribution in [2.75, 3.05) is 11.9 Å². The third-order valence-corrected chi connectivity index (χ3v) is 3.57. The Balaban J connectivity index is 1.81. The smallest absolute Gasteiger partial charge is 0.126 e. The Kier molecular flexibility index (Phi) is 3.47. The third kappa shape index (κ3) is 2.85. The number of nitrogens with one attached hydrogen (secondary N) is 1. The third-order valence-electron chi connectivity index (χ3n) is 3.05. The molecule has 0 aromatic carbocycles. The van der Waals surface area contributed by atoms with Gasteiger partial charge in [-0.05, 0) is 43.4 Å². The Morgan fingerprint density at radius 1 is 1.60 bits per heavy atom. The van der Waals surface area contributed by atoms with Gasteiger partial charge in [-0.15, -0.1) is 11.6 Å². The van der Waals surface area contributed by atoms with Crippen LogP contribution in [0.4, 0.5) is 5.82 Å². The second-order valence-electron chi connectivity index (χ2n) is 4.31. The number of halogens is 1. The van der Waals surface area contributed by atoms with Crippen LogP contribution in [-0.4, -0.2) is 16.9 Å². The van der Waals surface area contributed by atoms with E-state index in [1.54, 1.807) is 0 Å². The maximum Gasteiger partial charge on any atom is 0.126 e. The topological polar surface area (TPSA) is 24.9 Å². The number of hydrogen-bond donors (Lipinski definition) is 1. The molecule has 1 aromatic rings. The molecule has 0 radical (unpaired) electrons. The van der Waals surface area contributed by atoms with Crippen LogP contribution in [0.2, 0.25) is 0 Å². The number of aromatic nitrogens is 1. The van der Waals surface area contributed by atoms with Gasteiger partial charge in [-0.2, -0.15) is 0 Å². The van der Waals surface area contributed by atoms with Crippen molar-refractivity contribution < 1.29 is 0 Å². The predicted octanol–water partition coefficient (Wildman–Crippen LogP) is 3.21. The van der Waals surface area contributed by atoms with Crippen molar-refractivity contribution in [3.8, 4) is 0 Å². The molecule has 0 amide bonds. The number of anilines is 1. The van der Waals surface area contributed by atoms with E-state index in [2.05, 4.69) is 17.2 Å². The molecule has 1 fully saturated rings. The minimum Gasteiger partial charge on any atom is -0.369 e. The summed E-state index contributed by atoms with van der Waals surface area (Å²) in [5.41, 5.74) is 1.22. The van der Waals surface area contributed by atoms with Crippen molar-refractivity contribution in [1.82, 2.24) is 4.98 Å². The molecular formula is C12H17ClN2. The lowest BCUT2D eigenvalue weighted by Crippen LogP contribution is -2.28. The summed E-state index contributed by atoms with van der Waals surface area (Å²) in [5, 5.41) is 3.54. The highest BCUT2D eigenvalue weighted by Gasteiger charge is 2.25. The Morgan fingerprint density at radius 3 is 3.00 bits per heavy atom. The molecule has 1 aliphatic carbocycles. The number of rotatable bonds is 4. The number of hydrogen-bond acceptors (Lipinski definition) is 2. The molecule has 1 aliphatic rings. The first kappa shape index (κ1) is 10.7. The maximum absolute atomic E-state index is 6.28. The van der Waals surface area contributed by atoms with Crippen molar-refractivity contribution in [2.45, 2.75) is 31.6 Å². The summed E-state index contributed by atoms with van der Waals surface area (Å²) in [6.07, 6.45) is 5.75. The molecule has 1 aromatic heterocycles. The number of aryl methyl sites for hydroxylation is 1. The van der Waals surface area contributed by atoms with E-state index in [9.17, 15) is 0 Å². The minimum atomic E-state index is 0.251. The monoisotopic (exact) mass is 224 g/mol. The molecule has 1 unspecified atom stereocenters. The zero-order chi connectivity index (χ0) is 10.7. The molecule has 1 saturated carbocycles. The van der Waals surface area contributed by atoms with Crippen LogP contribution in [0.1, 0.15) is 24.8 Å². The molecule has 2 rings (SSSR count). The van der Waals surface area contributed by atoms with Gasteiger partial charge in [0.2, 0.25) is 0 Å². The molecule has 1 heterocycles. The van der Waals surface area contributed by atoms with Gasteiger partial charge in [0.1, 0.15) is 5.82 Å². The van der Waals surface area contributed by atoms with Gasteiger partial charge in [0.05, 0.1) is 5.38 Å². The van der Waals surface area contributed by atoms with Crippen molar-refractivity contribution in [1.29, 1.82) is 0 Å². The normalized spacial score (nSPS) is 18.3. The van der Waals surface area contributed by atoms with Gasteiger partial charge >= 0.3 is 0 Å². The Hall–Kier alpha value is -0.760. The zero-order valence-corrected chi connectivity index (χ0v) is 9.80. The van der Waals surface area contributed by atoms with Gasteiger partial charge in [-0.25, -0.2) is 4.98 Å². The summed E-state index contributed by atoms with van der Waals surface area (Å²) in [5.74, 6) is 1.64. The molecule has 0 aliphatic heterocycles. The van der Waals surface area contributed by atoms with E-state index in [0.29, 0.717) is 5.92 Å². The van der Waals surface area contributed by atoms with Crippen LogP contribution >= 0.6 is 11.6 Å². The molecule has 2 nitrogen and oxygen atoms in total. The predicted molar refractivity (Wildman–Crippen MR) is 64.4 cm³/mol. The highest BCUT2D eigenvalue weighted by molar-refractivity contribution is 6.21. The summed E-state index contributed by atoms with van der Waals surface area (Å²) in [7, 11) is 0. The Labute approximate surface area is 96.1 Å². The van der Waals surface area contributed by atoms with Gasteiger partial charge in [-0.3, -0.25) is 0 Å². The molecular weight excluding hydrogens is 208 g/mol. The van der Waals surface area contributed by atoms with Gasteiger partial charge in [0.15, 0.2) is 0 Å². The minimum absolute atomic E-state index is 0.251. The fourth-order valence-electron chi connectivity index (χ4n) is 1.80. The number of alkyl halides is 1. The molecule has 0 bridgehead atoms. The SMILES string of the molecule is Cc1ccnc(NCC(Cl)C2CCC2)c1. The molecule has 0 saturated heterocycles. The lowest BCUT2D eigenvalue weighted by molar-refractivity contribution is 0.308. The average Bonchev–Trinajstić information content (AvgIpc) is 2.12.